The number of primary amides is 1. The molecule has 82 heavy (non-hydrogen) atoms. The lowest BCUT2D eigenvalue weighted by atomic mass is 9.63. The van der Waals surface area contributed by atoms with Gasteiger partial charge in [0.15, 0.2) is 0 Å². The molecule has 20 heteroatoms. The molecule has 3 atom stereocenters. The second-order valence-electron chi connectivity index (χ2n) is 25.1. The number of piperidine rings is 2. The fraction of sp³-hybridized carbons (Fsp3) is 0.661. The van der Waals surface area contributed by atoms with Crippen molar-refractivity contribution in [2.24, 2.45) is 40.1 Å². The molecule has 18 nitrogen and oxygen atoms in total. The second kappa shape index (κ2) is 29.5. The van der Waals surface area contributed by atoms with Crippen molar-refractivity contribution < 1.29 is 19.2 Å². The molecular formula is C62H90Cl2N14O4. The number of hydrogen-bond donors (Lipinski definition) is 6. The van der Waals surface area contributed by atoms with Crippen LogP contribution >= 0.6 is 23.2 Å². The first-order valence-electron chi connectivity index (χ1n) is 30.9. The predicted octanol–water partition coefficient (Wildman–Crippen LogP) is 8.09. The summed E-state index contributed by atoms with van der Waals surface area (Å²) >= 11 is 12.3. The summed E-state index contributed by atoms with van der Waals surface area (Å²) in [6, 6.07) is 14.9. The van der Waals surface area contributed by atoms with Crippen molar-refractivity contribution in [3.8, 4) is 0 Å². The third-order valence-electron chi connectivity index (χ3n) is 20.0. The minimum Gasteiger partial charge on any atom is -0.368 e. The van der Waals surface area contributed by atoms with Gasteiger partial charge in [-0.25, -0.2) is 9.97 Å². The maximum absolute atomic E-state index is 14.1. The van der Waals surface area contributed by atoms with Gasteiger partial charge in [0.2, 0.25) is 17.7 Å². The Morgan fingerprint density at radius 2 is 0.976 bits per heavy atom. The van der Waals surface area contributed by atoms with E-state index in [9.17, 15) is 19.2 Å². The van der Waals surface area contributed by atoms with E-state index in [1.54, 1.807) is 12.7 Å². The number of carbonyl (C=O) groups is 4. The molecule has 0 bridgehead atoms. The lowest BCUT2D eigenvalue weighted by molar-refractivity contribution is -0.138. The minimum atomic E-state index is -0.599. The monoisotopic (exact) mass is 1160 g/mol. The number of hydrogen-bond acceptors (Lipinski definition) is 12. The molecule has 4 amide bonds. The van der Waals surface area contributed by atoms with Crippen molar-refractivity contribution in [3.63, 3.8) is 0 Å². The van der Waals surface area contributed by atoms with Crippen LogP contribution < -0.4 is 27.4 Å². The van der Waals surface area contributed by atoms with Gasteiger partial charge in [0.05, 0.1) is 24.3 Å². The average Bonchev–Trinajstić information content (AvgIpc) is 4.30. The predicted molar refractivity (Wildman–Crippen MR) is 320 cm³/mol. The van der Waals surface area contributed by atoms with Crippen LogP contribution in [0.5, 0.6) is 0 Å². The van der Waals surface area contributed by atoms with Crippen LogP contribution in [0, 0.1) is 34.0 Å². The molecule has 0 spiro atoms. The van der Waals surface area contributed by atoms with E-state index in [0.717, 1.165) is 134 Å². The first kappa shape index (κ1) is 61.3. The van der Waals surface area contributed by atoms with E-state index in [1.807, 2.05) is 70.5 Å². The summed E-state index contributed by atoms with van der Waals surface area (Å²) in [5, 5.41) is 27.8. The van der Waals surface area contributed by atoms with Crippen LogP contribution in [0.1, 0.15) is 152 Å². The van der Waals surface area contributed by atoms with Gasteiger partial charge in [-0.2, -0.15) is 10.2 Å². The molecule has 2 saturated heterocycles. The highest BCUT2D eigenvalue weighted by Gasteiger charge is 2.46. The Bertz CT molecular complexity index is 2620. The van der Waals surface area contributed by atoms with Crippen molar-refractivity contribution >= 4 is 53.0 Å². The summed E-state index contributed by atoms with van der Waals surface area (Å²) in [6.07, 6.45) is 32.7. The summed E-state index contributed by atoms with van der Waals surface area (Å²) in [6.45, 7) is 4.83. The third-order valence-corrected chi connectivity index (χ3v) is 20.5. The van der Waals surface area contributed by atoms with Gasteiger partial charge in [-0.3, -0.25) is 28.5 Å². The van der Waals surface area contributed by atoms with Gasteiger partial charge in [0.1, 0.15) is 25.3 Å². The van der Waals surface area contributed by atoms with Crippen LogP contribution in [-0.2, 0) is 45.1 Å². The number of nitrogens with zero attached hydrogens (tertiary/aromatic N) is 8. The van der Waals surface area contributed by atoms with E-state index >= 15 is 0 Å². The van der Waals surface area contributed by atoms with Crippen LogP contribution in [0.3, 0.4) is 0 Å². The average molecular weight is 1170 g/mol. The molecule has 6 aliphatic rings. The second-order valence-corrected chi connectivity index (χ2v) is 25.9. The number of nitrogens with two attached hydrogens (primary N) is 2. The van der Waals surface area contributed by atoms with Gasteiger partial charge in [-0.15, -0.1) is 0 Å². The Morgan fingerprint density at radius 3 is 1.34 bits per heavy atom. The van der Waals surface area contributed by atoms with Gasteiger partial charge >= 0.3 is 0 Å². The first-order chi connectivity index (χ1) is 39.8. The molecule has 4 aliphatic carbocycles. The zero-order valence-corrected chi connectivity index (χ0v) is 49.5. The molecule has 0 radical (unpaired) electrons. The maximum Gasteiger partial charge on any atom is 0.261 e. The Balaban J connectivity index is 0.000000198. The standard InChI is InChI=1S/C31H46ClN7O2.C31H44ClN7O2/c32-25-10-6-22(7-11-25)18-27(37-26-12-8-23(9-13-26)28(33)29(34)40)30(41)38-16-14-31(15-17-38,19-39-21-35-20-36-39)24-4-2-1-3-5-24;32-25-8-6-23(7-9-25)18-28(36-26-10-12-27(13-11-26)37-29(40)19-33)30(41)38-16-14-31(15-17-38,20-39-22-34-21-35-39)24-4-2-1-3-5-24/h6-7,10-11,20-21,23-24,26-28,37H,1-5,8-9,12-19,33H2,(H2,34,40);6-9,19,21-22,24,26-28,33,36H,1-5,10-18,20H2,(H,37,40)/t23-,26-,27-,28?;26-,27+,28-/m11/s1. The molecule has 2 aliphatic heterocycles. The normalized spacial score (nSPS) is 24.5. The van der Waals surface area contributed by atoms with Gasteiger partial charge in [0, 0.05) is 67.4 Å². The summed E-state index contributed by atoms with van der Waals surface area (Å²) in [5.74, 6) is 1.03. The molecule has 4 saturated carbocycles. The smallest absolute Gasteiger partial charge is 0.261 e. The topological polar surface area (TPSA) is 248 Å². The molecule has 8 N–H and O–H groups in total. The summed E-state index contributed by atoms with van der Waals surface area (Å²) < 4.78 is 4.00. The summed E-state index contributed by atoms with van der Waals surface area (Å²) in [4.78, 5) is 64.1. The molecule has 2 aromatic heterocycles. The van der Waals surface area contributed by atoms with Crippen molar-refractivity contribution in [1.82, 2.24) is 55.3 Å². The van der Waals surface area contributed by atoms with Gasteiger partial charge < -0.3 is 42.6 Å². The highest BCUT2D eigenvalue weighted by Crippen LogP contribution is 2.48. The Kier molecular flexibility index (Phi) is 22.1. The van der Waals surface area contributed by atoms with E-state index in [1.165, 1.54) is 64.2 Å². The first-order valence-corrected chi connectivity index (χ1v) is 31.6. The number of benzene rings is 2. The molecule has 2 aromatic carbocycles. The number of amides is 4. The Morgan fingerprint density at radius 1 is 0.585 bits per heavy atom. The molecule has 6 fully saturated rings. The van der Waals surface area contributed by atoms with Gasteiger partial charge in [0.25, 0.3) is 5.91 Å². The van der Waals surface area contributed by atoms with E-state index in [2.05, 4.69) is 45.9 Å². The van der Waals surface area contributed by atoms with Crippen molar-refractivity contribution in [2.75, 3.05) is 26.2 Å². The van der Waals surface area contributed by atoms with Crippen LogP contribution in [0.25, 0.3) is 0 Å². The van der Waals surface area contributed by atoms with Crippen molar-refractivity contribution in [2.45, 2.75) is 203 Å². The quantitative estimate of drug-likeness (QED) is 0.0462. The molecule has 10 rings (SSSR count). The molecule has 4 aromatic rings. The highest BCUT2D eigenvalue weighted by atomic mass is 35.5. The Labute approximate surface area is 495 Å². The number of likely N-dealkylation sites (tertiary alicyclic amines) is 2. The molecule has 4 heterocycles. The summed E-state index contributed by atoms with van der Waals surface area (Å²) in [5.41, 5.74) is 14.0. The van der Waals surface area contributed by atoms with Crippen LogP contribution in [-0.4, -0.2) is 132 Å². The zero-order valence-electron chi connectivity index (χ0n) is 48.0. The third kappa shape index (κ3) is 16.5. The SMILES string of the molecule is N=CC(=O)N[C@H]1CC[C@@H](N[C@H](Cc2ccc(Cl)cc2)C(=O)N2CCC(Cn3cncn3)(C3CCCCC3)CC2)CC1.NC(=O)C(N)[C@H]1CC[C@H](N[C@H](Cc2ccc(Cl)cc2)C(=O)N2CCC(Cn3cncn3)(C3CCCCC3)CC2)CC1. The number of nitrogens with one attached hydrogen (secondary N) is 4. The maximum atomic E-state index is 14.1. The van der Waals surface area contributed by atoms with Gasteiger partial charge in [-0.1, -0.05) is 86.0 Å². The molecule has 446 valence electrons. The highest BCUT2D eigenvalue weighted by molar-refractivity contribution is 6.30. The van der Waals surface area contributed by atoms with E-state index < -0.39 is 11.9 Å². The minimum absolute atomic E-state index is 0.0903. The largest absolute Gasteiger partial charge is 0.368 e. The molecular weight excluding hydrogens is 1080 g/mol. The van der Waals surface area contributed by atoms with Crippen molar-refractivity contribution in [3.05, 3.63) is 95.0 Å². The number of aromatic nitrogens is 6. The number of halogens is 2. The van der Waals surface area contributed by atoms with Crippen LogP contribution in [0.2, 0.25) is 10.0 Å². The van der Waals surface area contributed by atoms with Gasteiger partial charge in [-0.05, 0) is 180 Å². The fourth-order valence-electron chi connectivity index (χ4n) is 15.1. The van der Waals surface area contributed by atoms with Crippen molar-refractivity contribution in [1.29, 1.82) is 5.41 Å². The van der Waals surface area contributed by atoms with E-state index in [0.29, 0.717) is 34.7 Å². The van der Waals surface area contributed by atoms with Crippen LogP contribution in [0.15, 0.2) is 73.8 Å². The van der Waals surface area contributed by atoms with E-state index in [-0.39, 0.29) is 64.7 Å². The summed E-state index contributed by atoms with van der Waals surface area (Å²) in [7, 11) is 0. The lowest BCUT2D eigenvalue weighted by Gasteiger charge is -2.48. The Hall–Kier alpha value is -5.27. The number of rotatable bonds is 20. The molecule has 1 unspecified atom stereocenters. The lowest BCUT2D eigenvalue weighted by Crippen LogP contribution is -2.56. The zero-order chi connectivity index (χ0) is 57.5. The van der Waals surface area contributed by atoms with E-state index in [4.69, 9.17) is 40.1 Å². The number of carbonyl (C=O) groups excluding carboxylic acids is 4. The fourth-order valence-corrected chi connectivity index (χ4v) is 15.4. The van der Waals surface area contributed by atoms with Crippen LogP contribution in [0.4, 0.5) is 0 Å².